The zero-order chi connectivity index (χ0) is 42.9. The number of benzene rings is 6. The molecule has 9 heteroatoms. The third kappa shape index (κ3) is 8.03. The van der Waals surface area contributed by atoms with Gasteiger partial charge in [-0.05, 0) is 128 Å². The van der Waals surface area contributed by atoms with Gasteiger partial charge in [0, 0.05) is 83.1 Å². The summed E-state index contributed by atoms with van der Waals surface area (Å²) in [4.78, 5) is 18.5. The summed E-state index contributed by atoms with van der Waals surface area (Å²) in [5.74, 6) is 5.23. The third-order valence-corrected chi connectivity index (χ3v) is 11.0. The van der Waals surface area contributed by atoms with Crippen molar-refractivity contribution in [2.45, 2.75) is 27.7 Å². The molecule has 0 saturated carbocycles. The van der Waals surface area contributed by atoms with Crippen LogP contribution in [0.4, 0.5) is 0 Å². The maximum Gasteiger partial charge on any atom is 0.234 e. The average Bonchev–Trinajstić information content (AvgIpc) is 3.61. The minimum Gasteiger partial charge on any atom is -0.457 e. The number of nitrogens with zero attached hydrogens (tertiary/aromatic N) is 5. The van der Waals surface area contributed by atoms with Crippen molar-refractivity contribution in [1.29, 1.82) is 0 Å². The lowest BCUT2D eigenvalue weighted by molar-refractivity contribution is 0.449. The van der Waals surface area contributed by atoms with Crippen molar-refractivity contribution in [3.8, 4) is 74.5 Å². The fourth-order valence-corrected chi connectivity index (χ4v) is 8.16. The summed E-state index contributed by atoms with van der Waals surface area (Å²) >= 11 is 0. The quantitative estimate of drug-likeness (QED) is 0.127. The lowest BCUT2D eigenvalue weighted by atomic mass is 9.97. The SMILES string of the molecule is Cc1cccc(C)c1-c1ccc(Oc2cccc(Oc3ccc4c5ccc(Oc6cccc(Oc7ccc(-c8c(C)cccc8C)cn7)c6)cc5n(-c5ncccn5)c4c3)c2)nc1. The molecule has 0 aliphatic heterocycles. The molecule has 10 aromatic rings. The van der Waals surface area contributed by atoms with E-state index in [1.165, 1.54) is 33.4 Å². The van der Waals surface area contributed by atoms with E-state index in [4.69, 9.17) is 18.9 Å². The first-order chi connectivity index (χ1) is 30.8. The Hall–Kier alpha value is -8.30. The summed E-state index contributed by atoms with van der Waals surface area (Å²) in [7, 11) is 0. The molecule has 0 spiro atoms. The van der Waals surface area contributed by atoms with E-state index in [0.717, 1.165) is 32.9 Å². The fourth-order valence-electron chi connectivity index (χ4n) is 8.16. The van der Waals surface area contributed by atoms with Crippen LogP contribution in [-0.4, -0.2) is 24.5 Å². The third-order valence-electron chi connectivity index (χ3n) is 11.0. The van der Waals surface area contributed by atoms with E-state index in [9.17, 15) is 0 Å². The van der Waals surface area contributed by atoms with E-state index in [2.05, 4.69) is 96.2 Å². The highest BCUT2D eigenvalue weighted by Gasteiger charge is 2.17. The topological polar surface area (TPSA) is 93.4 Å². The maximum absolute atomic E-state index is 6.45. The number of aryl methyl sites for hydroxylation is 4. The van der Waals surface area contributed by atoms with Crippen LogP contribution in [-0.2, 0) is 0 Å². The summed E-state index contributed by atoms with van der Waals surface area (Å²) in [5, 5.41) is 2.02. The lowest BCUT2D eigenvalue weighted by Crippen LogP contribution is -2.00. The Balaban J connectivity index is 0.894. The molecule has 4 heterocycles. The Morgan fingerprint density at radius 2 is 0.762 bits per heavy atom. The molecule has 306 valence electrons. The number of aromatic nitrogens is 5. The van der Waals surface area contributed by atoms with Gasteiger partial charge in [0.2, 0.25) is 17.7 Å². The summed E-state index contributed by atoms with van der Waals surface area (Å²) in [6.45, 7) is 8.45. The number of hydrogen-bond donors (Lipinski definition) is 0. The van der Waals surface area contributed by atoms with E-state index in [0.29, 0.717) is 52.2 Å². The molecule has 0 N–H and O–H groups in total. The first kappa shape index (κ1) is 38.9. The molecular formula is C54H41N5O4. The van der Waals surface area contributed by atoms with Crippen molar-refractivity contribution in [3.05, 3.63) is 199 Å². The van der Waals surface area contributed by atoms with Gasteiger partial charge in [0.15, 0.2) is 0 Å². The van der Waals surface area contributed by atoms with Crippen LogP contribution in [0.5, 0.6) is 46.3 Å². The molecule has 0 fully saturated rings. The van der Waals surface area contributed by atoms with Crippen molar-refractivity contribution in [2.24, 2.45) is 0 Å². The molecule has 63 heavy (non-hydrogen) atoms. The van der Waals surface area contributed by atoms with Crippen molar-refractivity contribution in [2.75, 3.05) is 0 Å². The van der Waals surface area contributed by atoms with Crippen molar-refractivity contribution < 1.29 is 18.9 Å². The van der Waals surface area contributed by atoms with Gasteiger partial charge >= 0.3 is 0 Å². The molecule has 0 amide bonds. The van der Waals surface area contributed by atoms with E-state index in [1.807, 2.05) is 114 Å². The van der Waals surface area contributed by atoms with E-state index >= 15 is 0 Å². The minimum atomic E-state index is 0.493. The molecule has 0 radical (unpaired) electrons. The first-order valence-corrected chi connectivity index (χ1v) is 20.7. The van der Waals surface area contributed by atoms with Crippen LogP contribution in [0.1, 0.15) is 22.3 Å². The van der Waals surface area contributed by atoms with E-state index in [1.54, 1.807) is 18.5 Å². The maximum atomic E-state index is 6.45. The van der Waals surface area contributed by atoms with Crippen LogP contribution in [0.2, 0.25) is 0 Å². The van der Waals surface area contributed by atoms with E-state index in [-0.39, 0.29) is 0 Å². The van der Waals surface area contributed by atoms with Gasteiger partial charge in [-0.1, -0.05) is 48.5 Å². The number of fused-ring (bicyclic) bond motifs is 3. The highest BCUT2D eigenvalue weighted by molar-refractivity contribution is 6.09. The smallest absolute Gasteiger partial charge is 0.234 e. The van der Waals surface area contributed by atoms with Gasteiger partial charge in [-0.15, -0.1) is 0 Å². The van der Waals surface area contributed by atoms with Crippen molar-refractivity contribution >= 4 is 21.8 Å². The molecule has 0 aliphatic rings. The van der Waals surface area contributed by atoms with Crippen LogP contribution in [0, 0.1) is 27.7 Å². The zero-order valence-corrected chi connectivity index (χ0v) is 35.1. The van der Waals surface area contributed by atoms with Gasteiger partial charge in [0.1, 0.15) is 34.5 Å². The molecule has 10 rings (SSSR count). The van der Waals surface area contributed by atoms with Crippen molar-refractivity contribution in [1.82, 2.24) is 24.5 Å². The molecule has 9 nitrogen and oxygen atoms in total. The molecule has 6 aromatic carbocycles. The Bertz CT molecular complexity index is 3030. The van der Waals surface area contributed by atoms with Gasteiger partial charge in [0.05, 0.1) is 11.0 Å². The monoisotopic (exact) mass is 823 g/mol. The fraction of sp³-hybridized carbons (Fsp3) is 0.0741. The van der Waals surface area contributed by atoms with E-state index < -0.39 is 0 Å². The molecule has 0 atom stereocenters. The summed E-state index contributed by atoms with van der Waals surface area (Å²) in [5.41, 5.74) is 11.0. The molecular weight excluding hydrogens is 783 g/mol. The second-order valence-electron chi connectivity index (χ2n) is 15.4. The number of rotatable bonds is 11. The number of hydrogen-bond acceptors (Lipinski definition) is 8. The number of ether oxygens (including phenoxy) is 4. The second-order valence-corrected chi connectivity index (χ2v) is 15.4. The van der Waals surface area contributed by atoms with Crippen molar-refractivity contribution in [3.63, 3.8) is 0 Å². The highest BCUT2D eigenvalue weighted by atomic mass is 16.5. The van der Waals surface area contributed by atoms with Crippen LogP contribution in [0.15, 0.2) is 176 Å². The van der Waals surface area contributed by atoms with Crippen LogP contribution < -0.4 is 18.9 Å². The molecule has 0 aliphatic carbocycles. The Morgan fingerprint density at radius 1 is 0.365 bits per heavy atom. The zero-order valence-electron chi connectivity index (χ0n) is 35.1. The first-order valence-electron chi connectivity index (χ1n) is 20.7. The van der Waals surface area contributed by atoms with Gasteiger partial charge < -0.3 is 18.9 Å². The van der Waals surface area contributed by atoms with Gasteiger partial charge in [-0.25, -0.2) is 19.9 Å². The summed E-state index contributed by atoms with van der Waals surface area (Å²) < 4.78 is 27.3. The standard InChI is InChI=1S/C54H41N5O4/c1-34-10-5-11-35(2)52(34)38-18-24-50(57-32-38)62-42-16-7-14-40(28-42)60-44-20-22-46-47-23-21-45(31-49(47)59(48(46)30-44)54-55-26-9-27-56-54)61-41-15-8-17-43(29-41)63-51-25-19-39(33-58-51)53-36(3)12-6-13-37(53)4/h5-33H,1-4H3. The minimum absolute atomic E-state index is 0.493. The van der Waals surface area contributed by atoms with Gasteiger partial charge in [-0.3, -0.25) is 4.57 Å². The summed E-state index contributed by atoms with van der Waals surface area (Å²) in [6.07, 6.45) is 7.17. The van der Waals surface area contributed by atoms with Crippen LogP contribution in [0.3, 0.4) is 0 Å². The molecule has 4 aromatic heterocycles. The predicted octanol–water partition coefficient (Wildman–Crippen LogP) is 14.1. The predicted molar refractivity (Wildman–Crippen MR) is 248 cm³/mol. The van der Waals surface area contributed by atoms with Gasteiger partial charge in [0.25, 0.3) is 0 Å². The molecule has 0 unspecified atom stereocenters. The van der Waals surface area contributed by atoms with Gasteiger partial charge in [-0.2, -0.15) is 0 Å². The molecule has 0 bridgehead atoms. The average molecular weight is 824 g/mol. The molecule has 0 saturated heterocycles. The Morgan fingerprint density at radius 3 is 1.17 bits per heavy atom. The van der Waals surface area contributed by atoms with Crippen LogP contribution in [0.25, 0.3) is 50.0 Å². The normalized spacial score (nSPS) is 11.2. The summed E-state index contributed by atoms with van der Waals surface area (Å²) in [6, 6.07) is 49.3. The second kappa shape index (κ2) is 16.6. The Kier molecular flexibility index (Phi) is 10.3. The largest absolute Gasteiger partial charge is 0.457 e. The van der Waals surface area contributed by atoms with Crippen LogP contribution >= 0.6 is 0 Å². The highest BCUT2D eigenvalue weighted by Crippen LogP contribution is 2.39. The lowest BCUT2D eigenvalue weighted by Gasteiger charge is -2.12. The number of pyridine rings is 2. The Labute approximate surface area is 364 Å².